The second kappa shape index (κ2) is 6.03. The van der Waals surface area contributed by atoms with Crippen LogP contribution in [0.1, 0.15) is 43.0 Å². The van der Waals surface area contributed by atoms with E-state index in [1.54, 1.807) is 12.1 Å². The van der Waals surface area contributed by atoms with Gasteiger partial charge < -0.3 is 4.90 Å². The van der Waals surface area contributed by atoms with Crippen LogP contribution in [0.4, 0.5) is 11.4 Å². The third-order valence-electron chi connectivity index (χ3n) is 4.00. The van der Waals surface area contributed by atoms with Crippen molar-refractivity contribution in [3.63, 3.8) is 0 Å². The minimum Gasteiger partial charge on any atom is -0.374 e. The van der Waals surface area contributed by atoms with Crippen molar-refractivity contribution >= 4 is 17.2 Å². The molecule has 1 aliphatic carbocycles. The van der Waals surface area contributed by atoms with Gasteiger partial charge in [0, 0.05) is 25.3 Å². The van der Waals surface area contributed by atoms with Crippen LogP contribution in [-0.4, -0.2) is 24.3 Å². The minimum atomic E-state index is -0.502. The molecule has 1 saturated carbocycles. The maximum Gasteiger partial charge on any atom is 0.280 e. The molecule has 108 valence electrons. The molecule has 0 saturated heterocycles. The van der Waals surface area contributed by atoms with Crippen LogP contribution in [0.2, 0.25) is 0 Å². The van der Waals surface area contributed by atoms with Gasteiger partial charge in [-0.1, -0.05) is 12.8 Å². The molecule has 0 atom stereocenters. The third-order valence-corrected chi connectivity index (χ3v) is 4.00. The average Bonchev–Trinajstić information content (AvgIpc) is 2.90. The summed E-state index contributed by atoms with van der Waals surface area (Å²) in [6, 6.07) is 4.78. The second-order valence-corrected chi connectivity index (χ2v) is 5.55. The molecule has 0 amide bonds. The number of ketones is 1. The monoisotopic (exact) mass is 276 g/mol. The largest absolute Gasteiger partial charge is 0.374 e. The van der Waals surface area contributed by atoms with E-state index in [-0.39, 0.29) is 17.0 Å². The third kappa shape index (κ3) is 3.15. The summed E-state index contributed by atoms with van der Waals surface area (Å²) in [7, 11) is 1.98. The van der Waals surface area contributed by atoms with Gasteiger partial charge in [0.15, 0.2) is 5.78 Å². The van der Waals surface area contributed by atoms with Crippen molar-refractivity contribution in [2.24, 2.45) is 5.92 Å². The zero-order valence-electron chi connectivity index (χ0n) is 12.0. The molecule has 1 aliphatic rings. The number of nitro benzene ring substituents is 1. The van der Waals surface area contributed by atoms with Crippen LogP contribution in [0, 0.1) is 16.0 Å². The quantitative estimate of drug-likeness (QED) is 0.469. The van der Waals surface area contributed by atoms with E-state index in [2.05, 4.69) is 4.90 Å². The molecule has 0 bridgehead atoms. The molecule has 5 nitrogen and oxygen atoms in total. The molecule has 0 aromatic heterocycles. The lowest BCUT2D eigenvalue weighted by atomic mass is 10.1. The average molecular weight is 276 g/mol. The highest BCUT2D eigenvalue weighted by atomic mass is 16.6. The van der Waals surface area contributed by atoms with Crippen molar-refractivity contribution in [2.75, 3.05) is 18.5 Å². The molecule has 0 N–H and O–H groups in total. The molecular formula is C15H20N2O3. The summed E-state index contributed by atoms with van der Waals surface area (Å²) in [5.74, 6) is 0.420. The lowest BCUT2D eigenvalue weighted by Gasteiger charge is -2.23. The van der Waals surface area contributed by atoms with E-state index in [1.165, 1.54) is 38.7 Å². The number of hydrogen-bond donors (Lipinski definition) is 0. The Labute approximate surface area is 118 Å². The van der Waals surface area contributed by atoms with Crippen LogP contribution in [0.5, 0.6) is 0 Å². The zero-order valence-corrected chi connectivity index (χ0v) is 12.0. The SMILES string of the molecule is CC(=O)c1cc(N(C)CC2CCCC2)ccc1[N+](=O)[O-]. The topological polar surface area (TPSA) is 63.5 Å². The van der Waals surface area contributed by atoms with Crippen LogP contribution in [-0.2, 0) is 0 Å². The van der Waals surface area contributed by atoms with Crippen molar-refractivity contribution in [3.8, 4) is 0 Å². The summed E-state index contributed by atoms with van der Waals surface area (Å²) in [6.07, 6.45) is 5.07. The van der Waals surface area contributed by atoms with E-state index in [4.69, 9.17) is 0 Å². The van der Waals surface area contributed by atoms with E-state index in [9.17, 15) is 14.9 Å². The number of rotatable bonds is 5. The minimum absolute atomic E-state index is 0.115. The first-order valence-electron chi connectivity index (χ1n) is 6.99. The summed E-state index contributed by atoms with van der Waals surface area (Å²) >= 11 is 0. The Kier molecular flexibility index (Phi) is 4.37. The van der Waals surface area contributed by atoms with Gasteiger partial charge in [-0.25, -0.2) is 0 Å². The van der Waals surface area contributed by atoms with Gasteiger partial charge in [-0.05, 0) is 37.8 Å². The van der Waals surface area contributed by atoms with Gasteiger partial charge >= 0.3 is 0 Å². The lowest BCUT2D eigenvalue weighted by Crippen LogP contribution is -2.24. The first-order valence-corrected chi connectivity index (χ1v) is 6.99. The summed E-state index contributed by atoms with van der Waals surface area (Å²) in [5, 5.41) is 10.9. The number of carbonyl (C=O) groups excluding carboxylic acids is 1. The summed E-state index contributed by atoms with van der Waals surface area (Å²) in [4.78, 5) is 24.1. The van der Waals surface area contributed by atoms with Crippen molar-refractivity contribution in [3.05, 3.63) is 33.9 Å². The number of carbonyl (C=O) groups is 1. The van der Waals surface area contributed by atoms with E-state index in [0.717, 1.165) is 12.2 Å². The Balaban J connectivity index is 2.21. The fraction of sp³-hybridized carbons (Fsp3) is 0.533. The number of benzene rings is 1. The van der Waals surface area contributed by atoms with Crippen LogP contribution in [0.25, 0.3) is 0 Å². The number of nitrogens with zero attached hydrogens (tertiary/aromatic N) is 2. The molecule has 0 heterocycles. The van der Waals surface area contributed by atoms with Gasteiger partial charge in [0.25, 0.3) is 5.69 Å². The number of hydrogen-bond acceptors (Lipinski definition) is 4. The van der Waals surface area contributed by atoms with Crippen molar-refractivity contribution < 1.29 is 9.72 Å². The number of Topliss-reactive ketones (excluding diaryl/α,β-unsaturated/α-hetero) is 1. The number of nitro groups is 1. The predicted octanol–water partition coefficient (Wildman–Crippen LogP) is 3.42. The molecule has 0 radical (unpaired) electrons. The van der Waals surface area contributed by atoms with Gasteiger partial charge in [-0.2, -0.15) is 0 Å². The van der Waals surface area contributed by atoms with Gasteiger partial charge in [0.2, 0.25) is 0 Å². The molecule has 0 spiro atoms. The van der Waals surface area contributed by atoms with Crippen molar-refractivity contribution in [1.82, 2.24) is 0 Å². The standard InChI is InChI=1S/C15H20N2O3/c1-11(18)14-9-13(7-8-15(14)17(19)20)16(2)10-12-5-3-4-6-12/h7-9,12H,3-6,10H2,1-2H3. The zero-order chi connectivity index (χ0) is 14.7. The molecular weight excluding hydrogens is 256 g/mol. The molecule has 1 aromatic carbocycles. The van der Waals surface area contributed by atoms with E-state index >= 15 is 0 Å². The molecule has 0 unspecified atom stereocenters. The predicted molar refractivity (Wildman–Crippen MR) is 78.3 cm³/mol. The highest BCUT2D eigenvalue weighted by Crippen LogP contribution is 2.29. The Morgan fingerprint density at radius 3 is 2.60 bits per heavy atom. The Morgan fingerprint density at radius 1 is 1.40 bits per heavy atom. The Bertz CT molecular complexity index is 522. The highest BCUT2D eigenvalue weighted by Gasteiger charge is 2.21. The van der Waals surface area contributed by atoms with E-state index < -0.39 is 4.92 Å². The fourth-order valence-corrected chi connectivity index (χ4v) is 2.89. The molecule has 2 rings (SSSR count). The highest BCUT2D eigenvalue weighted by molar-refractivity contribution is 5.99. The molecule has 5 heteroatoms. The van der Waals surface area contributed by atoms with Crippen LogP contribution < -0.4 is 4.90 Å². The van der Waals surface area contributed by atoms with Gasteiger partial charge in [0.1, 0.15) is 0 Å². The summed E-state index contributed by atoms with van der Waals surface area (Å²) in [5.41, 5.74) is 0.939. The maximum atomic E-state index is 11.6. The lowest BCUT2D eigenvalue weighted by molar-refractivity contribution is -0.385. The molecule has 1 aromatic rings. The second-order valence-electron chi connectivity index (χ2n) is 5.55. The maximum absolute atomic E-state index is 11.6. The summed E-state index contributed by atoms with van der Waals surface area (Å²) < 4.78 is 0. The Hall–Kier alpha value is -1.91. The summed E-state index contributed by atoms with van der Waals surface area (Å²) in [6.45, 7) is 2.30. The smallest absolute Gasteiger partial charge is 0.280 e. The van der Waals surface area contributed by atoms with Crippen LogP contribution in [0.3, 0.4) is 0 Å². The molecule has 20 heavy (non-hydrogen) atoms. The first-order chi connectivity index (χ1) is 9.49. The fourth-order valence-electron chi connectivity index (χ4n) is 2.89. The van der Waals surface area contributed by atoms with Gasteiger partial charge in [-0.15, -0.1) is 0 Å². The van der Waals surface area contributed by atoms with E-state index in [1.807, 2.05) is 7.05 Å². The van der Waals surface area contributed by atoms with Gasteiger partial charge in [0.05, 0.1) is 10.5 Å². The number of anilines is 1. The molecule has 0 aliphatic heterocycles. The normalized spacial score (nSPS) is 15.3. The van der Waals surface area contributed by atoms with Gasteiger partial charge in [-0.3, -0.25) is 14.9 Å². The van der Waals surface area contributed by atoms with Crippen molar-refractivity contribution in [1.29, 1.82) is 0 Å². The van der Waals surface area contributed by atoms with Crippen molar-refractivity contribution in [2.45, 2.75) is 32.6 Å². The van der Waals surface area contributed by atoms with Crippen LogP contribution in [0.15, 0.2) is 18.2 Å². The van der Waals surface area contributed by atoms with Crippen LogP contribution >= 0.6 is 0 Å². The first kappa shape index (κ1) is 14.5. The molecule has 1 fully saturated rings. The Morgan fingerprint density at radius 2 is 2.05 bits per heavy atom. The van der Waals surface area contributed by atoms with E-state index in [0.29, 0.717) is 5.92 Å².